The molecule has 0 spiro atoms. The number of cyclic esters (lactones) is 1. The smallest absolute Gasteiger partial charge is 0.340 e. The highest BCUT2D eigenvalue weighted by Gasteiger charge is 2.46. The number of carbonyl (C=O) groups excluding carboxylic acids is 3. The molecule has 2 heterocycles. The topological polar surface area (TPSA) is 75.7 Å². The lowest BCUT2D eigenvalue weighted by atomic mass is 10.1. The Kier molecular flexibility index (Phi) is 4.07. The van der Waals surface area contributed by atoms with Crippen LogP contribution in [-0.4, -0.2) is 34.8 Å². The first-order valence-electron chi connectivity index (χ1n) is 7.94. The van der Waals surface area contributed by atoms with Crippen LogP contribution in [0.3, 0.4) is 0 Å². The number of fused-ring (bicyclic) bond motifs is 1. The van der Waals surface area contributed by atoms with Crippen LogP contribution < -0.4 is 5.32 Å². The van der Waals surface area contributed by atoms with Crippen molar-refractivity contribution in [3.8, 4) is 0 Å². The zero-order valence-corrected chi connectivity index (χ0v) is 13.2. The lowest BCUT2D eigenvalue weighted by molar-refractivity contribution is -0.146. The van der Waals surface area contributed by atoms with Crippen molar-refractivity contribution in [1.82, 2.24) is 10.2 Å². The number of nitrogens with zero attached hydrogens (tertiary/aromatic N) is 1. The zero-order valence-electron chi connectivity index (χ0n) is 13.2. The number of nitrogens with one attached hydrogen (secondary N) is 1. The maximum absolute atomic E-state index is 12.5. The Bertz CT molecular complexity index is 658. The minimum atomic E-state index is -0.804. The molecule has 2 aliphatic heterocycles. The van der Waals surface area contributed by atoms with Crippen LogP contribution in [0.5, 0.6) is 0 Å². The maximum atomic E-state index is 12.5. The van der Waals surface area contributed by atoms with Crippen LogP contribution in [-0.2, 0) is 14.3 Å². The molecule has 1 saturated heterocycles. The molecule has 6 heteroatoms. The second kappa shape index (κ2) is 6.02. The van der Waals surface area contributed by atoms with Crippen LogP contribution in [0.4, 0.5) is 0 Å². The van der Waals surface area contributed by atoms with Gasteiger partial charge in [0.2, 0.25) is 18.0 Å². The van der Waals surface area contributed by atoms with Crippen LogP contribution in [0, 0.1) is 0 Å². The van der Waals surface area contributed by atoms with Crippen molar-refractivity contribution in [3.05, 3.63) is 35.4 Å². The lowest BCUT2D eigenvalue weighted by Crippen LogP contribution is -2.48. The van der Waals surface area contributed by atoms with E-state index in [4.69, 9.17) is 4.74 Å². The molecule has 0 radical (unpaired) electrons. The fourth-order valence-electron chi connectivity index (χ4n) is 3.03. The van der Waals surface area contributed by atoms with Gasteiger partial charge in [0.05, 0.1) is 5.56 Å². The van der Waals surface area contributed by atoms with E-state index in [1.54, 1.807) is 24.3 Å². The number of likely N-dealkylation sites (tertiary alicyclic amines) is 1. The van der Waals surface area contributed by atoms with Crippen LogP contribution in [0.1, 0.15) is 55.3 Å². The van der Waals surface area contributed by atoms with E-state index < -0.39 is 18.2 Å². The monoisotopic (exact) mass is 316 g/mol. The van der Waals surface area contributed by atoms with Gasteiger partial charge in [-0.1, -0.05) is 25.1 Å². The highest BCUT2D eigenvalue weighted by molar-refractivity contribution is 5.96. The average molecular weight is 316 g/mol. The zero-order chi connectivity index (χ0) is 16.6. The standard InChI is InChI=1S/C17H20N2O4/c1-3-10(2)18-15(21)13-8-9-14(20)19(13)16-11-6-4-5-7-12(11)17(22)23-16/h4-7,10,13,16H,3,8-9H2,1-2H3,(H,18,21)/t10-,13-,16+/m0/s1. The third-order valence-corrected chi connectivity index (χ3v) is 4.48. The molecular weight excluding hydrogens is 296 g/mol. The third kappa shape index (κ3) is 2.69. The average Bonchev–Trinajstić information content (AvgIpc) is 3.08. The van der Waals surface area contributed by atoms with Gasteiger partial charge in [0.25, 0.3) is 0 Å². The van der Waals surface area contributed by atoms with Crippen molar-refractivity contribution >= 4 is 17.8 Å². The van der Waals surface area contributed by atoms with Gasteiger partial charge in [0.15, 0.2) is 0 Å². The lowest BCUT2D eigenvalue weighted by Gasteiger charge is -2.29. The maximum Gasteiger partial charge on any atom is 0.340 e. The Morgan fingerprint density at radius 3 is 2.87 bits per heavy atom. The molecule has 1 aromatic carbocycles. The summed E-state index contributed by atoms with van der Waals surface area (Å²) in [7, 11) is 0. The number of amides is 2. The number of rotatable bonds is 4. The van der Waals surface area contributed by atoms with Crippen molar-refractivity contribution in [2.45, 2.75) is 51.4 Å². The Morgan fingerprint density at radius 1 is 1.39 bits per heavy atom. The first kappa shape index (κ1) is 15.5. The number of hydrogen-bond acceptors (Lipinski definition) is 4. The van der Waals surface area contributed by atoms with Crippen molar-refractivity contribution in [3.63, 3.8) is 0 Å². The molecule has 1 N–H and O–H groups in total. The van der Waals surface area contributed by atoms with Crippen molar-refractivity contribution in [2.24, 2.45) is 0 Å². The van der Waals surface area contributed by atoms with E-state index in [0.717, 1.165) is 6.42 Å². The second-order valence-electron chi connectivity index (χ2n) is 6.02. The van der Waals surface area contributed by atoms with Gasteiger partial charge in [-0.3, -0.25) is 14.5 Å². The predicted octanol–water partition coefficient (Wildman–Crippen LogP) is 1.76. The van der Waals surface area contributed by atoms with Gasteiger partial charge in [0.1, 0.15) is 6.04 Å². The molecule has 122 valence electrons. The molecule has 0 aromatic heterocycles. The first-order valence-corrected chi connectivity index (χ1v) is 7.94. The number of ether oxygens (including phenoxy) is 1. The summed E-state index contributed by atoms with van der Waals surface area (Å²) in [6.45, 7) is 3.90. The van der Waals surface area contributed by atoms with E-state index in [1.807, 2.05) is 13.8 Å². The van der Waals surface area contributed by atoms with Gasteiger partial charge >= 0.3 is 5.97 Å². The summed E-state index contributed by atoms with van der Waals surface area (Å²) >= 11 is 0. The molecule has 3 rings (SSSR count). The van der Waals surface area contributed by atoms with Crippen LogP contribution in [0.2, 0.25) is 0 Å². The fraction of sp³-hybridized carbons (Fsp3) is 0.471. The van der Waals surface area contributed by atoms with E-state index >= 15 is 0 Å². The second-order valence-corrected chi connectivity index (χ2v) is 6.02. The van der Waals surface area contributed by atoms with E-state index in [-0.39, 0.29) is 24.3 Å². The summed E-state index contributed by atoms with van der Waals surface area (Å²) < 4.78 is 5.38. The molecule has 23 heavy (non-hydrogen) atoms. The van der Waals surface area contributed by atoms with Gasteiger partial charge in [-0.2, -0.15) is 0 Å². The van der Waals surface area contributed by atoms with Gasteiger partial charge < -0.3 is 10.1 Å². The van der Waals surface area contributed by atoms with Crippen molar-refractivity contribution in [1.29, 1.82) is 0 Å². The summed E-state index contributed by atoms with van der Waals surface area (Å²) in [6, 6.07) is 6.43. The molecule has 3 atom stereocenters. The van der Waals surface area contributed by atoms with E-state index in [1.165, 1.54) is 4.90 Å². The van der Waals surface area contributed by atoms with E-state index in [0.29, 0.717) is 17.5 Å². The number of benzene rings is 1. The van der Waals surface area contributed by atoms with Crippen LogP contribution in [0.25, 0.3) is 0 Å². The molecule has 2 amide bonds. The molecular formula is C17H20N2O4. The fourth-order valence-corrected chi connectivity index (χ4v) is 3.03. The molecule has 1 aromatic rings. The Labute approximate surface area is 134 Å². The number of carbonyl (C=O) groups is 3. The number of hydrogen-bond donors (Lipinski definition) is 1. The van der Waals surface area contributed by atoms with E-state index in [2.05, 4.69) is 5.32 Å². The van der Waals surface area contributed by atoms with Crippen molar-refractivity contribution < 1.29 is 19.1 Å². The third-order valence-electron chi connectivity index (χ3n) is 4.48. The summed E-state index contributed by atoms with van der Waals surface area (Å²) in [5, 5.41) is 2.91. The van der Waals surface area contributed by atoms with Crippen molar-refractivity contribution in [2.75, 3.05) is 0 Å². The Hall–Kier alpha value is -2.37. The summed E-state index contributed by atoms with van der Waals surface area (Å²) in [5.74, 6) is -0.805. The molecule has 0 saturated carbocycles. The van der Waals surface area contributed by atoms with Gasteiger partial charge in [-0.15, -0.1) is 0 Å². The quantitative estimate of drug-likeness (QED) is 0.859. The minimum absolute atomic E-state index is 0.0402. The Balaban J connectivity index is 1.87. The van der Waals surface area contributed by atoms with Gasteiger partial charge in [0, 0.05) is 18.0 Å². The summed E-state index contributed by atoms with van der Waals surface area (Å²) in [6.07, 6.45) is 0.737. The molecule has 6 nitrogen and oxygen atoms in total. The summed E-state index contributed by atoms with van der Waals surface area (Å²) in [4.78, 5) is 38.2. The first-order chi connectivity index (χ1) is 11.0. The predicted molar refractivity (Wildman–Crippen MR) is 82.4 cm³/mol. The number of esters is 1. The van der Waals surface area contributed by atoms with Gasteiger partial charge in [-0.05, 0) is 25.8 Å². The van der Waals surface area contributed by atoms with Gasteiger partial charge in [-0.25, -0.2) is 4.79 Å². The van der Waals surface area contributed by atoms with Crippen LogP contribution >= 0.6 is 0 Å². The Morgan fingerprint density at radius 2 is 2.13 bits per heavy atom. The molecule has 0 bridgehead atoms. The molecule has 1 fully saturated rings. The molecule has 0 unspecified atom stereocenters. The molecule has 2 aliphatic rings. The SMILES string of the molecule is CC[C@H](C)NC(=O)[C@@H]1CCC(=O)N1[C@@H]1OC(=O)c2ccccc21. The molecule has 0 aliphatic carbocycles. The summed E-state index contributed by atoms with van der Waals surface area (Å²) in [5.41, 5.74) is 1.10. The minimum Gasteiger partial charge on any atom is -0.433 e. The highest BCUT2D eigenvalue weighted by atomic mass is 16.6. The van der Waals surface area contributed by atoms with E-state index in [9.17, 15) is 14.4 Å². The largest absolute Gasteiger partial charge is 0.433 e. The normalized spacial score (nSPS) is 24.3. The highest BCUT2D eigenvalue weighted by Crippen LogP contribution is 2.38. The van der Waals surface area contributed by atoms with Crippen LogP contribution in [0.15, 0.2) is 24.3 Å².